The van der Waals surface area contributed by atoms with Gasteiger partial charge < -0.3 is 20.9 Å². The maximum absolute atomic E-state index is 11.9. The van der Waals surface area contributed by atoms with Crippen molar-refractivity contribution in [1.29, 1.82) is 0 Å². The minimum Gasteiger partial charge on any atom is -0.388 e. The largest absolute Gasteiger partial charge is 0.388 e. The maximum Gasteiger partial charge on any atom is 0.220 e. The second-order valence-corrected chi connectivity index (χ2v) is 6.05. The van der Waals surface area contributed by atoms with Gasteiger partial charge >= 0.3 is 0 Å². The van der Waals surface area contributed by atoms with Crippen molar-refractivity contribution in [2.45, 2.75) is 45.1 Å². The average molecular weight is 272 g/mol. The monoisotopic (exact) mass is 272 g/mol. The van der Waals surface area contributed by atoms with E-state index >= 15 is 0 Å². The quantitative estimate of drug-likeness (QED) is 0.635. The lowest BCUT2D eigenvalue weighted by atomic mass is 9.92. The molecule has 0 bridgehead atoms. The van der Waals surface area contributed by atoms with E-state index in [0.29, 0.717) is 51.5 Å². The highest BCUT2D eigenvalue weighted by Gasteiger charge is 2.30. The highest BCUT2D eigenvalue weighted by Crippen LogP contribution is 2.19. The molecule has 0 unspecified atom stereocenters. The van der Waals surface area contributed by atoms with Crippen molar-refractivity contribution in [2.24, 2.45) is 17.6 Å². The third kappa shape index (κ3) is 6.36. The molecular formula is C14H28N2O3. The summed E-state index contributed by atoms with van der Waals surface area (Å²) in [6, 6.07) is 0. The number of carbonyl (C=O) groups excluding carboxylic acids is 1. The van der Waals surface area contributed by atoms with Crippen LogP contribution in [0.2, 0.25) is 0 Å². The van der Waals surface area contributed by atoms with Crippen LogP contribution in [-0.4, -0.2) is 42.9 Å². The van der Waals surface area contributed by atoms with Crippen LogP contribution in [0.3, 0.4) is 0 Å². The van der Waals surface area contributed by atoms with E-state index in [1.165, 1.54) is 0 Å². The molecule has 0 aromatic heterocycles. The minimum atomic E-state index is -0.801. The number of aliphatic hydroxyl groups is 1. The van der Waals surface area contributed by atoms with E-state index in [4.69, 9.17) is 10.5 Å². The summed E-state index contributed by atoms with van der Waals surface area (Å²) in [5.41, 5.74) is 4.89. The second-order valence-electron chi connectivity index (χ2n) is 6.05. The van der Waals surface area contributed by atoms with Gasteiger partial charge in [0.25, 0.3) is 0 Å². The summed E-state index contributed by atoms with van der Waals surface area (Å²) in [6.07, 6.45) is 2.57. The van der Waals surface area contributed by atoms with Gasteiger partial charge in [0.1, 0.15) is 0 Å². The normalized spacial score (nSPS) is 20.3. The third-order valence-electron chi connectivity index (χ3n) is 3.65. The van der Waals surface area contributed by atoms with Gasteiger partial charge in [-0.1, -0.05) is 13.8 Å². The Bertz CT molecular complexity index is 276. The fourth-order valence-corrected chi connectivity index (χ4v) is 2.46. The van der Waals surface area contributed by atoms with E-state index < -0.39 is 5.60 Å². The Hall–Kier alpha value is -0.650. The lowest BCUT2D eigenvalue weighted by molar-refractivity contribution is -0.124. The summed E-state index contributed by atoms with van der Waals surface area (Å²) in [4.78, 5) is 11.9. The number of amides is 1. The van der Waals surface area contributed by atoms with Crippen molar-refractivity contribution < 1.29 is 14.6 Å². The summed E-state index contributed by atoms with van der Waals surface area (Å²) in [5.74, 6) is 0.751. The molecule has 112 valence electrons. The topological polar surface area (TPSA) is 84.6 Å². The second kappa shape index (κ2) is 7.82. The standard InChI is InChI=1S/C14H28N2O3/c1-11(2)7-12(9-15)8-13(17)16-10-14(18)3-5-19-6-4-14/h11-12,18H,3-10,15H2,1-2H3,(H,16,17)/t12-/m0/s1. The Morgan fingerprint density at radius 2 is 2.05 bits per heavy atom. The lowest BCUT2D eigenvalue weighted by Crippen LogP contribution is -2.47. The van der Waals surface area contributed by atoms with E-state index in [0.717, 1.165) is 6.42 Å². The molecular weight excluding hydrogens is 244 g/mol. The first-order chi connectivity index (χ1) is 8.95. The Kier molecular flexibility index (Phi) is 6.75. The van der Waals surface area contributed by atoms with Gasteiger partial charge in [0, 0.05) is 39.0 Å². The number of hydrogen-bond acceptors (Lipinski definition) is 4. The number of ether oxygens (including phenoxy) is 1. The summed E-state index contributed by atoms with van der Waals surface area (Å²) in [6.45, 7) is 6.23. The first-order valence-corrected chi connectivity index (χ1v) is 7.22. The molecule has 0 spiro atoms. The molecule has 4 N–H and O–H groups in total. The summed E-state index contributed by atoms with van der Waals surface area (Å²) in [5, 5.41) is 13.1. The fraction of sp³-hybridized carbons (Fsp3) is 0.929. The van der Waals surface area contributed by atoms with Gasteiger partial charge in [0.15, 0.2) is 0 Å². The van der Waals surface area contributed by atoms with Crippen molar-refractivity contribution in [3.8, 4) is 0 Å². The molecule has 1 amide bonds. The number of nitrogens with one attached hydrogen (secondary N) is 1. The molecule has 0 aliphatic carbocycles. The van der Waals surface area contributed by atoms with Crippen LogP contribution in [0.25, 0.3) is 0 Å². The van der Waals surface area contributed by atoms with Crippen LogP contribution in [-0.2, 0) is 9.53 Å². The molecule has 5 nitrogen and oxygen atoms in total. The Morgan fingerprint density at radius 3 is 2.58 bits per heavy atom. The predicted molar refractivity (Wildman–Crippen MR) is 74.6 cm³/mol. The molecule has 0 saturated carbocycles. The molecule has 1 heterocycles. The Morgan fingerprint density at radius 1 is 1.42 bits per heavy atom. The molecule has 19 heavy (non-hydrogen) atoms. The molecule has 1 atom stereocenters. The zero-order valence-electron chi connectivity index (χ0n) is 12.2. The SMILES string of the molecule is CC(C)C[C@H](CN)CC(=O)NCC1(O)CCOCC1. The van der Waals surface area contributed by atoms with Crippen molar-refractivity contribution in [3.05, 3.63) is 0 Å². The molecule has 0 radical (unpaired) electrons. The molecule has 0 aromatic carbocycles. The minimum absolute atomic E-state index is 0.0176. The molecule has 0 aromatic rings. The molecule has 5 heteroatoms. The summed E-state index contributed by atoms with van der Waals surface area (Å²) in [7, 11) is 0. The first kappa shape index (κ1) is 16.4. The van der Waals surface area contributed by atoms with Crippen molar-refractivity contribution >= 4 is 5.91 Å². The maximum atomic E-state index is 11.9. The van der Waals surface area contributed by atoms with Crippen LogP contribution in [0.5, 0.6) is 0 Å². The molecule has 1 saturated heterocycles. The van der Waals surface area contributed by atoms with E-state index in [1.807, 2.05) is 0 Å². The van der Waals surface area contributed by atoms with Crippen molar-refractivity contribution in [2.75, 3.05) is 26.3 Å². The number of carbonyl (C=O) groups is 1. The summed E-state index contributed by atoms with van der Waals surface area (Å²) < 4.78 is 5.21. The first-order valence-electron chi connectivity index (χ1n) is 7.22. The number of rotatable bonds is 7. The van der Waals surface area contributed by atoms with Gasteiger partial charge in [0.05, 0.1) is 5.60 Å². The van der Waals surface area contributed by atoms with Crippen LogP contribution in [0.1, 0.15) is 39.5 Å². The fourth-order valence-electron chi connectivity index (χ4n) is 2.46. The highest BCUT2D eigenvalue weighted by atomic mass is 16.5. The van der Waals surface area contributed by atoms with Crippen LogP contribution in [0.15, 0.2) is 0 Å². The highest BCUT2D eigenvalue weighted by molar-refractivity contribution is 5.76. The van der Waals surface area contributed by atoms with Crippen LogP contribution < -0.4 is 11.1 Å². The van der Waals surface area contributed by atoms with E-state index in [-0.39, 0.29) is 11.8 Å². The van der Waals surface area contributed by atoms with Gasteiger partial charge in [-0.05, 0) is 24.8 Å². The smallest absolute Gasteiger partial charge is 0.220 e. The van der Waals surface area contributed by atoms with Crippen molar-refractivity contribution in [3.63, 3.8) is 0 Å². The lowest BCUT2D eigenvalue weighted by Gasteiger charge is -2.32. The molecule has 1 aliphatic heterocycles. The summed E-state index contributed by atoms with van der Waals surface area (Å²) >= 11 is 0. The van der Waals surface area contributed by atoms with Crippen LogP contribution in [0.4, 0.5) is 0 Å². The van der Waals surface area contributed by atoms with E-state index in [9.17, 15) is 9.90 Å². The van der Waals surface area contributed by atoms with Crippen LogP contribution >= 0.6 is 0 Å². The van der Waals surface area contributed by atoms with Gasteiger partial charge in [-0.2, -0.15) is 0 Å². The van der Waals surface area contributed by atoms with Gasteiger partial charge in [0.2, 0.25) is 5.91 Å². The molecule has 1 fully saturated rings. The Labute approximate surface area is 115 Å². The van der Waals surface area contributed by atoms with Crippen LogP contribution in [0, 0.1) is 11.8 Å². The number of hydrogen-bond donors (Lipinski definition) is 3. The molecule has 1 rings (SSSR count). The average Bonchev–Trinajstić information content (AvgIpc) is 2.36. The zero-order valence-corrected chi connectivity index (χ0v) is 12.2. The Balaban J connectivity index is 2.29. The molecule has 1 aliphatic rings. The van der Waals surface area contributed by atoms with Gasteiger partial charge in [-0.3, -0.25) is 4.79 Å². The predicted octanol–water partition coefficient (Wildman–Crippen LogP) is 0.655. The van der Waals surface area contributed by atoms with E-state index in [2.05, 4.69) is 19.2 Å². The van der Waals surface area contributed by atoms with E-state index in [1.54, 1.807) is 0 Å². The van der Waals surface area contributed by atoms with Gasteiger partial charge in [-0.15, -0.1) is 0 Å². The number of nitrogens with two attached hydrogens (primary N) is 1. The third-order valence-corrected chi connectivity index (χ3v) is 3.65. The zero-order chi connectivity index (χ0) is 14.3. The van der Waals surface area contributed by atoms with Crippen molar-refractivity contribution in [1.82, 2.24) is 5.32 Å². The van der Waals surface area contributed by atoms with Gasteiger partial charge in [-0.25, -0.2) is 0 Å².